The Morgan fingerprint density at radius 1 is 1.24 bits per heavy atom. The van der Waals surface area contributed by atoms with Gasteiger partial charge >= 0.3 is 5.97 Å². The van der Waals surface area contributed by atoms with Crippen molar-refractivity contribution in [2.75, 3.05) is 14.2 Å². The van der Waals surface area contributed by atoms with Crippen molar-refractivity contribution < 1.29 is 9.53 Å². The lowest BCUT2D eigenvalue weighted by atomic mass is 9.76. The molecule has 5 heteroatoms. The summed E-state index contributed by atoms with van der Waals surface area (Å²) in [6, 6.07) is 9.65. The van der Waals surface area contributed by atoms with E-state index >= 15 is 0 Å². The van der Waals surface area contributed by atoms with Gasteiger partial charge in [0.05, 0.1) is 13.0 Å². The van der Waals surface area contributed by atoms with Crippen molar-refractivity contribution in [2.45, 2.75) is 37.3 Å². The van der Waals surface area contributed by atoms with Gasteiger partial charge in [0.1, 0.15) is 0 Å². The van der Waals surface area contributed by atoms with Crippen molar-refractivity contribution >= 4 is 33.2 Å². The van der Waals surface area contributed by atoms with Crippen LogP contribution in [0.2, 0.25) is 0 Å². The van der Waals surface area contributed by atoms with E-state index in [-0.39, 0.29) is 17.8 Å². The van der Waals surface area contributed by atoms with Gasteiger partial charge < -0.3 is 4.74 Å². The maximum Gasteiger partial charge on any atom is 0.310 e. The number of hydrogen-bond acceptors (Lipinski definition) is 4. The van der Waals surface area contributed by atoms with Gasteiger partial charge in [0.15, 0.2) is 0 Å². The van der Waals surface area contributed by atoms with Crippen LogP contribution in [-0.4, -0.2) is 37.1 Å². The number of benzene rings is 1. The molecule has 3 nitrogen and oxygen atoms in total. The Morgan fingerprint density at radius 2 is 2.00 bits per heavy atom. The quantitative estimate of drug-likeness (QED) is 0.661. The van der Waals surface area contributed by atoms with Crippen molar-refractivity contribution in [3.63, 3.8) is 0 Å². The van der Waals surface area contributed by atoms with Crippen LogP contribution >= 0.6 is 27.3 Å². The van der Waals surface area contributed by atoms with Crippen LogP contribution in [0.1, 0.15) is 30.7 Å². The molecule has 0 unspecified atom stereocenters. The Morgan fingerprint density at radius 3 is 2.64 bits per heavy atom. The summed E-state index contributed by atoms with van der Waals surface area (Å²) < 4.78 is 6.30. The molecule has 25 heavy (non-hydrogen) atoms. The van der Waals surface area contributed by atoms with Crippen molar-refractivity contribution in [3.8, 4) is 11.1 Å². The fourth-order valence-electron chi connectivity index (χ4n) is 4.66. The highest BCUT2D eigenvalue weighted by Crippen LogP contribution is 2.47. The number of carbonyl (C=O) groups is 1. The second kappa shape index (κ2) is 6.86. The molecule has 0 aliphatic carbocycles. The van der Waals surface area contributed by atoms with Crippen LogP contribution in [0.4, 0.5) is 0 Å². The molecule has 2 aliphatic heterocycles. The molecule has 2 aliphatic rings. The van der Waals surface area contributed by atoms with E-state index in [0.29, 0.717) is 12.1 Å². The van der Waals surface area contributed by atoms with Crippen molar-refractivity contribution in [3.05, 3.63) is 45.1 Å². The standard InChI is InChI=1S/C20H22BrNO2S/c1-22-14-7-8-18(22)19(20(23)24-2)15(9-14)12-3-5-13(6-4-12)16-10-25-11-17(16)21/h3-6,10-11,14-15,18-19H,7-9H2,1-2H3/t14-,15+,18+,19-/m0/s1. The number of hydrogen-bond donors (Lipinski definition) is 0. The third-order valence-corrected chi connectivity index (χ3v) is 7.71. The largest absolute Gasteiger partial charge is 0.469 e. The van der Waals surface area contributed by atoms with Gasteiger partial charge in [-0.1, -0.05) is 24.3 Å². The fourth-order valence-corrected chi connectivity index (χ4v) is 6.20. The highest BCUT2D eigenvalue weighted by Gasteiger charge is 2.49. The SMILES string of the molecule is COC(=O)[C@H]1[C@@H](c2ccc(-c3cscc3Br)cc2)C[C@@H]2CC[C@H]1N2C. The van der Waals surface area contributed by atoms with E-state index in [1.807, 2.05) is 0 Å². The minimum Gasteiger partial charge on any atom is -0.469 e. The van der Waals surface area contributed by atoms with Crippen molar-refractivity contribution in [2.24, 2.45) is 5.92 Å². The molecule has 4 atom stereocenters. The summed E-state index contributed by atoms with van der Waals surface area (Å²) in [4.78, 5) is 14.9. The summed E-state index contributed by atoms with van der Waals surface area (Å²) in [6.07, 6.45) is 3.32. The average molecular weight is 420 g/mol. The number of ether oxygens (including phenoxy) is 1. The Labute approximate surface area is 161 Å². The molecule has 132 valence electrons. The summed E-state index contributed by atoms with van der Waals surface area (Å²) in [5, 5.41) is 4.26. The maximum atomic E-state index is 12.5. The van der Waals surface area contributed by atoms with Gasteiger partial charge in [0.25, 0.3) is 0 Å². The summed E-state index contributed by atoms with van der Waals surface area (Å²) in [5.74, 6) is 0.125. The Bertz CT molecular complexity index is 772. The molecule has 1 aromatic heterocycles. The lowest BCUT2D eigenvalue weighted by molar-refractivity contribution is -0.150. The molecule has 2 bridgehead atoms. The highest BCUT2D eigenvalue weighted by molar-refractivity contribution is 9.10. The van der Waals surface area contributed by atoms with Crippen LogP contribution < -0.4 is 0 Å². The summed E-state index contributed by atoms with van der Waals surface area (Å²) in [5.41, 5.74) is 3.70. The molecule has 0 saturated carbocycles. The zero-order valence-corrected chi connectivity index (χ0v) is 16.8. The Kier molecular flexibility index (Phi) is 4.73. The van der Waals surface area contributed by atoms with Gasteiger partial charge in [0.2, 0.25) is 0 Å². The van der Waals surface area contributed by atoms with E-state index in [4.69, 9.17) is 4.74 Å². The molecule has 3 heterocycles. The second-order valence-electron chi connectivity index (χ2n) is 7.11. The minimum atomic E-state index is -0.0631. The van der Waals surface area contributed by atoms with Crippen LogP contribution in [0, 0.1) is 5.92 Å². The van der Waals surface area contributed by atoms with Crippen LogP contribution in [0.25, 0.3) is 11.1 Å². The van der Waals surface area contributed by atoms with Gasteiger partial charge in [-0.05, 0) is 58.7 Å². The lowest BCUT2D eigenvalue weighted by Crippen LogP contribution is -2.49. The smallest absolute Gasteiger partial charge is 0.310 e. The van der Waals surface area contributed by atoms with E-state index in [2.05, 4.69) is 62.9 Å². The number of piperidine rings is 1. The highest BCUT2D eigenvalue weighted by atomic mass is 79.9. The third kappa shape index (κ3) is 2.96. The zero-order valence-electron chi connectivity index (χ0n) is 14.4. The van der Waals surface area contributed by atoms with Crippen LogP contribution in [-0.2, 0) is 9.53 Å². The molecule has 2 fully saturated rings. The molecular formula is C20H22BrNO2S. The Hall–Kier alpha value is -1.17. The predicted molar refractivity (Wildman–Crippen MR) is 105 cm³/mol. The second-order valence-corrected chi connectivity index (χ2v) is 8.71. The molecule has 1 aromatic carbocycles. The molecule has 4 rings (SSSR count). The summed E-state index contributed by atoms with van der Waals surface area (Å²) in [7, 11) is 3.67. The maximum absolute atomic E-state index is 12.5. The van der Waals surface area contributed by atoms with E-state index in [1.54, 1.807) is 11.3 Å². The number of rotatable bonds is 3. The molecular weight excluding hydrogens is 398 g/mol. The number of esters is 1. The Balaban J connectivity index is 1.65. The van der Waals surface area contributed by atoms with E-state index in [9.17, 15) is 4.79 Å². The van der Waals surface area contributed by atoms with Crippen molar-refractivity contribution in [1.29, 1.82) is 0 Å². The normalized spacial score (nSPS) is 28.9. The topological polar surface area (TPSA) is 29.5 Å². The van der Waals surface area contributed by atoms with E-state index in [1.165, 1.54) is 30.2 Å². The van der Waals surface area contributed by atoms with Crippen LogP contribution in [0.3, 0.4) is 0 Å². The summed E-state index contributed by atoms with van der Waals surface area (Å²) >= 11 is 5.31. The van der Waals surface area contributed by atoms with Gasteiger partial charge in [0, 0.05) is 33.4 Å². The van der Waals surface area contributed by atoms with Gasteiger partial charge in [-0.25, -0.2) is 0 Å². The molecule has 0 amide bonds. The number of methoxy groups -OCH3 is 1. The number of thiophene rings is 1. The minimum absolute atomic E-state index is 0.0625. The zero-order chi connectivity index (χ0) is 17.6. The van der Waals surface area contributed by atoms with Gasteiger partial charge in [-0.2, -0.15) is 11.3 Å². The monoisotopic (exact) mass is 419 g/mol. The third-order valence-electron chi connectivity index (χ3n) is 6.01. The molecule has 0 spiro atoms. The number of nitrogens with zero attached hydrogens (tertiary/aromatic N) is 1. The number of halogens is 1. The van der Waals surface area contributed by atoms with Gasteiger partial charge in [-0.15, -0.1) is 0 Å². The van der Waals surface area contributed by atoms with Crippen LogP contribution in [0.15, 0.2) is 39.5 Å². The van der Waals surface area contributed by atoms with E-state index in [0.717, 1.165) is 17.3 Å². The molecule has 0 radical (unpaired) electrons. The predicted octanol–water partition coefficient (Wildman–Crippen LogP) is 4.92. The average Bonchev–Trinajstić information content (AvgIpc) is 3.14. The number of fused-ring (bicyclic) bond motifs is 2. The first-order valence-corrected chi connectivity index (χ1v) is 10.5. The molecule has 0 N–H and O–H groups in total. The van der Waals surface area contributed by atoms with E-state index < -0.39 is 0 Å². The fraction of sp³-hybridized carbons (Fsp3) is 0.450. The molecule has 2 saturated heterocycles. The first kappa shape index (κ1) is 17.3. The molecule has 2 aromatic rings. The number of carbonyl (C=O) groups excluding carboxylic acids is 1. The van der Waals surface area contributed by atoms with Gasteiger partial charge in [-0.3, -0.25) is 9.69 Å². The summed E-state index contributed by atoms with van der Waals surface area (Å²) in [6.45, 7) is 0. The lowest BCUT2D eigenvalue weighted by Gasteiger charge is -2.41. The first-order chi connectivity index (χ1) is 12.1. The van der Waals surface area contributed by atoms with Crippen LogP contribution in [0.5, 0.6) is 0 Å². The first-order valence-electron chi connectivity index (χ1n) is 8.72. The van der Waals surface area contributed by atoms with Crippen molar-refractivity contribution in [1.82, 2.24) is 4.90 Å².